The predicted octanol–water partition coefficient (Wildman–Crippen LogP) is 4.58. The zero-order chi connectivity index (χ0) is 14.7. The number of thioether (sulfide) groups is 1. The highest BCUT2D eigenvalue weighted by atomic mass is 35.5. The Hall–Kier alpha value is -1.30. The lowest BCUT2D eigenvalue weighted by molar-refractivity contribution is 0.629. The van der Waals surface area contributed by atoms with Gasteiger partial charge in [0.1, 0.15) is 10.8 Å². The Morgan fingerprint density at radius 2 is 2.10 bits per heavy atom. The van der Waals surface area contributed by atoms with Crippen LogP contribution in [0.15, 0.2) is 41.3 Å². The Labute approximate surface area is 131 Å². The van der Waals surface area contributed by atoms with E-state index in [1.807, 2.05) is 24.5 Å². The molecule has 0 aliphatic heterocycles. The second-order valence-electron chi connectivity index (χ2n) is 4.00. The molecule has 0 unspecified atom stereocenters. The van der Waals surface area contributed by atoms with Crippen LogP contribution in [0.5, 0.6) is 0 Å². The maximum atomic E-state index is 13.5. The van der Waals surface area contributed by atoms with Gasteiger partial charge in [0.05, 0.1) is 5.02 Å². The Kier molecular flexibility index (Phi) is 4.86. The van der Waals surface area contributed by atoms with Gasteiger partial charge in [-0.25, -0.2) is 4.39 Å². The summed E-state index contributed by atoms with van der Waals surface area (Å²) in [6.45, 7) is 0. The lowest BCUT2D eigenvalue weighted by Gasteiger charge is -2.14. The van der Waals surface area contributed by atoms with Crippen molar-refractivity contribution in [1.29, 1.82) is 0 Å². The van der Waals surface area contributed by atoms with Gasteiger partial charge in [-0.3, -0.25) is 0 Å². The molecule has 0 radical (unpaired) electrons. The van der Waals surface area contributed by atoms with Crippen molar-refractivity contribution in [2.24, 2.45) is 5.73 Å². The zero-order valence-electron chi connectivity index (χ0n) is 10.6. The smallest absolute Gasteiger partial charge is 0.143 e. The average Bonchev–Trinajstić information content (AvgIpc) is 2.42. The van der Waals surface area contributed by atoms with E-state index in [0.29, 0.717) is 10.7 Å². The van der Waals surface area contributed by atoms with Crippen molar-refractivity contribution in [1.82, 2.24) is 0 Å². The third-order valence-electron chi connectivity index (χ3n) is 2.69. The topological polar surface area (TPSA) is 38.0 Å². The summed E-state index contributed by atoms with van der Waals surface area (Å²) < 4.78 is 13.5. The first-order valence-corrected chi connectivity index (χ1v) is 7.73. The summed E-state index contributed by atoms with van der Waals surface area (Å²) in [6, 6.07) is 10.2. The molecule has 0 saturated heterocycles. The average molecular weight is 327 g/mol. The van der Waals surface area contributed by atoms with Gasteiger partial charge in [-0.2, -0.15) is 0 Å². The SMILES string of the molecule is CSc1cccc(Nc2ccc(Cl)c(F)c2)c1C(N)=S. The van der Waals surface area contributed by atoms with Crippen molar-refractivity contribution in [2.75, 3.05) is 11.6 Å². The fraction of sp³-hybridized carbons (Fsp3) is 0.0714. The van der Waals surface area contributed by atoms with Crippen LogP contribution in [0.1, 0.15) is 5.56 Å². The van der Waals surface area contributed by atoms with Crippen LogP contribution in [0.25, 0.3) is 0 Å². The zero-order valence-corrected chi connectivity index (χ0v) is 13.0. The largest absolute Gasteiger partial charge is 0.389 e. The van der Waals surface area contributed by atoms with Crippen molar-refractivity contribution >= 4 is 51.9 Å². The molecule has 2 aromatic carbocycles. The molecule has 0 heterocycles. The molecular formula is C14H12ClFN2S2. The number of benzene rings is 2. The van der Waals surface area contributed by atoms with Gasteiger partial charge in [-0.05, 0) is 36.6 Å². The Bertz CT molecular complexity index is 662. The second kappa shape index (κ2) is 6.43. The van der Waals surface area contributed by atoms with Gasteiger partial charge in [0, 0.05) is 21.8 Å². The first kappa shape index (κ1) is 15.1. The van der Waals surface area contributed by atoms with Crippen LogP contribution in [-0.2, 0) is 0 Å². The van der Waals surface area contributed by atoms with Crippen LogP contribution >= 0.6 is 35.6 Å². The maximum absolute atomic E-state index is 13.5. The minimum atomic E-state index is -0.477. The first-order chi connectivity index (χ1) is 9.52. The molecule has 3 N–H and O–H groups in total. The highest BCUT2D eigenvalue weighted by Crippen LogP contribution is 2.30. The first-order valence-electron chi connectivity index (χ1n) is 5.72. The summed E-state index contributed by atoms with van der Waals surface area (Å²) in [4.78, 5) is 1.27. The molecule has 20 heavy (non-hydrogen) atoms. The van der Waals surface area contributed by atoms with Crippen LogP contribution in [0.2, 0.25) is 5.02 Å². The van der Waals surface area contributed by atoms with Gasteiger partial charge in [-0.15, -0.1) is 11.8 Å². The maximum Gasteiger partial charge on any atom is 0.143 e. The molecule has 0 amide bonds. The number of nitrogens with one attached hydrogen (secondary N) is 1. The molecule has 2 nitrogen and oxygen atoms in total. The molecule has 6 heteroatoms. The van der Waals surface area contributed by atoms with E-state index in [4.69, 9.17) is 29.6 Å². The third kappa shape index (κ3) is 3.23. The number of thiocarbonyl (C=S) groups is 1. The summed E-state index contributed by atoms with van der Waals surface area (Å²) in [5.74, 6) is -0.477. The van der Waals surface area contributed by atoms with Crippen LogP contribution < -0.4 is 11.1 Å². The van der Waals surface area contributed by atoms with Crippen LogP contribution in [0.4, 0.5) is 15.8 Å². The van der Waals surface area contributed by atoms with Crippen LogP contribution in [0.3, 0.4) is 0 Å². The fourth-order valence-corrected chi connectivity index (χ4v) is 2.83. The number of hydrogen-bond donors (Lipinski definition) is 2. The number of anilines is 2. The third-order valence-corrected chi connectivity index (χ3v) is 3.98. The van der Waals surface area contributed by atoms with Crippen molar-refractivity contribution in [3.8, 4) is 0 Å². The van der Waals surface area contributed by atoms with Crippen molar-refractivity contribution in [3.05, 3.63) is 52.8 Å². The highest BCUT2D eigenvalue weighted by molar-refractivity contribution is 7.98. The van der Waals surface area contributed by atoms with Gasteiger partial charge in [0.15, 0.2) is 0 Å². The normalized spacial score (nSPS) is 10.3. The van der Waals surface area contributed by atoms with Gasteiger partial charge in [-0.1, -0.05) is 29.9 Å². The molecule has 0 aromatic heterocycles. The summed E-state index contributed by atoms with van der Waals surface area (Å²) in [6.07, 6.45) is 1.95. The molecule has 2 aromatic rings. The van der Waals surface area contributed by atoms with Crippen LogP contribution in [0, 0.1) is 5.82 Å². The molecule has 2 rings (SSSR count). The highest BCUT2D eigenvalue weighted by Gasteiger charge is 2.11. The lowest BCUT2D eigenvalue weighted by Crippen LogP contribution is -2.13. The number of halogens is 2. The lowest BCUT2D eigenvalue weighted by atomic mass is 10.1. The monoisotopic (exact) mass is 326 g/mol. The summed E-state index contributed by atoms with van der Waals surface area (Å²) in [5, 5.41) is 3.20. The minimum absolute atomic E-state index is 0.0861. The minimum Gasteiger partial charge on any atom is -0.389 e. The van der Waals surface area contributed by atoms with E-state index >= 15 is 0 Å². The van der Waals surface area contributed by atoms with Crippen molar-refractivity contribution < 1.29 is 4.39 Å². The second-order valence-corrected chi connectivity index (χ2v) is 5.70. The Morgan fingerprint density at radius 1 is 1.35 bits per heavy atom. The van der Waals surface area contributed by atoms with Gasteiger partial charge >= 0.3 is 0 Å². The van der Waals surface area contributed by atoms with E-state index in [1.54, 1.807) is 17.8 Å². The molecule has 0 atom stereocenters. The van der Waals surface area contributed by atoms with E-state index in [1.165, 1.54) is 12.1 Å². The molecule has 0 saturated carbocycles. The molecule has 0 fully saturated rings. The summed E-state index contributed by atoms with van der Waals surface area (Å²) in [7, 11) is 0. The van der Waals surface area contributed by atoms with Gasteiger partial charge in [0.2, 0.25) is 0 Å². The van der Waals surface area contributed by atoms with E-state index in [0.717, 1.165) is 16.1 Å². The molecule has 0 spiro atoms. The Morgan fingerprint density at radius 3 is 2.70 bits per heavy atom. The number of hydrogen-bond acceptors (Lipinski definition) is 3. The van der Waals surface area contributed by atoms with Gasteiger partial charge < -0.3 is 11.1 Å². The predicted molar refractivity (Wildman–Crippen MR) is 88.8 cm³/mol. The molecule has 104 valence electrons. The Balaban J connectivity index is 2.42. The molecule has 0 aliphatic carbocycles. The fourth-order valence-electron chi connectivity index (χ4n) is 1.79. The van der Waals surface area contributed by atoms with Crippen molar-refractivity contribution in [2.45, 2.75) is 4.90 Å². The summed E-state index contributed by atoms with van der Waals surface area (Å²) >= 11 is 12.3. The van der Waals surface area contributed by atoms with Crippen LogP contribution in [-0.4, -0.2) is 11.2 Å². The molecule has 0 bridgehead atoms. The quantitative estimate of drug-likeness (QED) is 0.637. The number of rotatable bonds is 4. The summed E-state index contributed by atoms with van der Waals surface area (Å²) in [5.41, 5.74) is 7.86. The van der Waals surface area contributed by atoms with Gasteiger partial charge in [0.25, 0.3) is 0 Å². The molecular weight excluding hydrogens is 315 g/mol. The van der Waals surface area contributed by atoms with E-state index in [2.05, 4.69) is 5.32 Å². The van der Waals surface area contributed by atoms with E-state index in [9.17, 15) is 4.39 Å². The van der Waals surface area contributed by atoms with Crippen molar-refractivity contribution in [3.63, 3.8) is 0 Å². The standard InChI is InChI=1S/C14H12ClFN2S2/c1-20-12-4-2-3-11(13(12)14(17)19)18-8-5-6-9(15)10(16)7-8/h2-7,18H,1H3,(H2,17,19). The van der Waals surface area contributed by atoms with E-state index in [-0.39, 0.29) is 5.02 Å². The van der Waals surface area contributed by atoms with E-state index < -0.39 is 5.82 Å². The molecule has 0 aliphatic rings. The number of nitrogens with two attached hydrogens (primary N) is 1.